The van der Waals surface area contributed by atoms with Crippen molar-refractivity contribution in [1.29, 1.82) is 0 Å². The van der Waals surface area contributed by atoms with Crippen LogP contribution in [0, 0.1) is 23.7 Å². The number of aliphatic carboxylic acids is 3. The molecule has 3 unspecified atom stereocenters. The molecule has 0 amide bonds. The van der Waals surface area contributed by atoms with Crippen molar-refractivity contribution < 1.29 is 29.7 Å². The molecule has 3 aliphatic heterocycles. The Morgan fingerprint density at radius 3 is 2.12 bits per heavy atom. The van der Waals surface area contributed by atoms with E-state index in [2.05, 4.69) is 35.5 Å². The summed E-state index contributed by atoms with van der Waals surface area (Å²) in [6, 6.07) is -2.23. The molecule has 3 aliphatic rings. The van der Waals surface area contributed by atoms with Gasteiger partial charge in [0.15, 0.2) is 0 Å². The third-order valence-corrected chi connectivity index (χ3v) is 8.05. The van der Waals surface area contributed by atoms with Crippen LogP contribution >= 0.6 is 0 Å². The van der Waals surface area contributed by atoms with Gasteiger partial charge in [0.1, 0.15) is 11.5 Å². The van der Waals surface area contributed by atoms with E-state index in [1.54, 1.807) is 49.0 Å². The number of likely N-dealkylation sites (tertiary alicyclic amines) is 2. The largest absolute Gasteiger partial charge is 0.481 e. The van der Waals surface area contributed by atoms with Crippen LogP contribution in [0.5, 0.6) is 0 Å². The van der Waals surface area contributed by atoms with Gasteiger partial charge >= 0.3 is 17.9 Å². The molecule has 2 bridgehead atoms. The maximum absolute atomic E-state index is 12.9. The maximum Gasteiger partial charge on any atom is 0.320 e. The SMILES string of the molecule is C#C.C1=CN=CCC1.C=C/C=C\C(=NC)[C@@H]1N(C)[C@H](C)C2(C(=O)O)CN(C(CCCC)C(=O)O)CC1(C(=O)O)C2.CC. The van der Waals surface area contributed by atoms with Crippen molar-refractivity contribution in [1.82, 2.24) is 9.80 Å². The second-order valence-corrected chi connectivity index (χ2v) is 10.3. The number of allylic oxidation sites excluding steroid dienone is 3. The predicted octanol–water partition coefficient (Wildman–Crippen LogP) is 4.63. The number of nitrogens with zero attached hydrogens (tertiary/aromatic N) is 4. The Morgan fingerprint density at radius 2 is 1.74 bits per heavy atom. The van der Waals surface area contributed by atoms with Crippen LogP contribution in [0.1, 0.15) is 66.2 Å². The minimum Gasteiger partial charge on any atom is -0.481 e. The summed E-state index contributed by atoms with van der Waals surface area (Å²) in [7, 11) is 3.29. The topological polar surface area (TPSA) is 143 Å². The molecule has 42 heavy (non-hydrogen) atoms. The van der Waals surface area contributed by atoms with Crippen molar-refractivity contribution in [2.75, 3.05) is 27.2 Å². The molecular formula is C32H50N4O6. The lowest BCUT2D eigenvalue weighted by Crippen LogP contribution is -2.76. The molecule has 10 nitrogen and oxygen atoms in total. The first kappa shape index (κ1) is 38.5. The Labute approximate surface area is 251 Å². The van der Waals surface area contributed by atoms with E-state index in [9.17, 15) is 29.7 Å². The van der Waals surface area contributed by atoms with E-state index in [-0.39, 0.29) is 19.5 Å². The van der Waals surface area contributed by atoms with Gasteiger partial charge in [-0.2, -0.15) is 0 Å². The average Bonchev–Trinajstić information content (AvgIpc) is 3.00. The van der Waals surface area contributed by atoms with Crippen LogP contribution in [0.25, 0.3) is 0 Å². The molecule has 3 heterocycles. The van der Waals surface area contributed by atoms with Crippen LogP contribution in [-0.4, -0.2) is 100 Å². The Hall–Kier alpha value is -3.55. The number of unbranched alkanes of at least 4 members (excludes halogenated alkanes) is 1. The van der Waals surface area contributed by atoms with E-state index < -0.39 is 46.9 Å². The molecule has 0 aromatic rings. The smallest absolute Gasteiger partial charge is 0.320 e. The molecule has 0 spiro atoms. The van der Waals surface area contributed by atoms with Gasteiger partial charge in [0.25, 0.3) is 0 Å². The number of carboxylic acids is 3. The molecule has 2 saturated heterocycles. The molecular weight excluding hydrogens is 536 g/mol. The number of hydrogen-bond acceptors (Lipinski definition) is 7. The second kappa shape index (κ2) is 18.8. The molecule has 10 heteroatoms. The summed E-state index contributed by atoms with van der Waals surface area (Å²) in [6.07, 6.45) is 22.7. The van der Waals surface area contributed by atoms with E-state index in [4.69, 9.17) is 0 Å². The lowest BCUT2D eigenvalue weighted by Gasteiger charge is -2.62. The van der Waals surface area contributed by atoms with Crippen LogP contribution in [0.3, 0.4) is 0 Å². The third kappa shape index (κ3) is 8.73. The zero-order chi connectivity index (χ0) is 32.5. The second-order valence-electron chi connectivity index (χ2n) is 10.3. The molecule has 3 N–H and O–H groups in total. The summed E-state index contributed by atoms with van der Waals surface area (Å²) >= 11 is 0. The predicted molar refractivity (Wildman–Crippen MR) is 169 cm³/mol. The zero-order valence-corrected chi connectivity index (χ0v) is 26.1. The Morgan fingerprint density at radius 1 is 1.14 bits per heavy atom. The van der Waals surface area contributed by atoms with E-state index in [0.29, 0.717) is 18.6 Å². The quantitative estimate of drug-likeness (QED) is 0.191. The molecule has 5 atom stereocenters. The highest BCUT2D eigenvalue weighted by Crippen LogP contribution is 2.53. The fourth-order valence-corrected chi connectivity index (χ4v) is 5.97. The number of fused-ring (bicyclic) bond motifs is 2. The minimum absolute atomic E-state index is 0.0165. The van der Waals surface area contributed by atoms with Gasteiger partial charge in [-0.25, -0.2) is 0 Å². The van der Waals surface area contributed by atoms with Crippen molar-refractivity contribution in [2.24, 2.45) is 20.8 Å². The number of rotatable bonds is 10. The van der Waals surface area contributed by atoms with Gasteiger partial charge < -0.3 is 15.3 Å². The number of aliphatic imine (C=N–C) groups is 2. The van der Waals surface area contributed by atoms with E-state index in [0.717, 1.165) is 12.8 Å². The normalized spacial score (nSPS) is 27.7. The van der Waals surface area contributed by atoms with Crippen LogP contribution in [0.2, 0.25) is 0 Å². The highest BCUT2D eigenvalue weighted by atomic mass is 16.4. The van der Waals surface area contributed by atoms with Crippen molar-refractivity contribution in [3.63, 3.8) is 0 Å². The number of terminal acetylenes is 1. The lowest BCUT2D eigenvalue weighted by molar-refractivity contribution is -0.197. The Bertz CT molecular complexity index is 1040. The first-order valence-electron chi connectivity index (χ1n) is 14.4. The Balaban J connectivity index is 0.00000144. The summed E-state index contributed by atoms with van der Waals surface area (Å²) in [5.74, 6) is -3.32. The highest BCUT2D eigenvalue weighted by Gasteiger charge is 2.67. The van der Waals surface area contributed by atoms with Gasteiger partial charge in [-0.15, -0.1) is 12.8 Å². The van der Waals surface area contributed by atoms with Gasteiger partial charge in [0.05, 0.1) is 17.2 Å². The number of hydrogen-bond donors (Lipinski definition) is 3. The van der Waals surface area contributed by atoms with Crippen molar-refractivity contribution in [2.45, 2.75) is 84.3 Å². The van der Waals surface area contributed by atoms with Gasteiger partial charge in [-0.1, -0.05) is 58.4 Å². The van der Waals surface area contributed by atoms with E-state index >= 15 is 0 Å². The van der Waals surface area contributed by atoms with Crippen LogP contribution in [0.15, 0.2) is 47.1 Å². The van der Waals surface area contributed by atoms with Crippen LogP contribution in [-0.2, 0) is 14.4 Å². The highest BCUT2D eigenvalue weighted by molar-refractivity contribution is 6.03. The van der Waals surface area contributed by atoms with Crippen LogP contribution < -0.4 is 0 Å². The Kier molecular flexibility index (Phi) is 17.2. The number of carbonyl (C=O) groups is 3. The molecule has 2 fully saturated rings. The standard InChI is InChI=1S/C23H35N3O6.C5H7N.C2H6.C2H2/c1-6-8-10-16(24-4)18-23(21(31)32)12-22(20(29)30,15(3)25(18)5)13-26(14-23)17(19(27)28)11-9-7-2;1-2-4-6-5-3-1;2*1-2/h6,8,10,15,17-18H,1,7,9,11-14H2,2-5H3,(H,27,28)(H,29,30)(H,31,32);2,4-5H,1,3H2;1-2H3;1-2H/b10-8-,24-16?;;;/t15-,17?,18+,22?,23?;;;/m1.../s1. The van der Waals surface area contributed by atoms with Gasteiger partial charge in [-0.3, -0.25) is 34.2 Å². The zero-order valence-electron chi connectivity index (χ0n) is 26.1. The summed E-state index contributed by atoms with van der Waals surface area (Å²) in [4.78, 5) is 49.2. The monoisotopic (exact) mass is 586 g/mol. The molecule has 0 aromatic heterocycles. The van der Waals surface area contributed by atoms with Crippen molar-refractivity contribution >= 4 is 29.8 Å². The van der Waals surface area contributed by atoms with E-state index in [1.807, 2.05) is 33.2 Å². The van der Waals surface area contributed by atoms with Crippen LogP contribution in [0.4, 0.5) is 0 Å². The third-order valence-electron chi connectivity index (χ3n) is 8.05. The lowest BCUT2D eigenvalue weighted by atomic mass is 9.56. The molecule has 0 saturated carbocycles. The first-order chi connectivity index (χ1) is 20.0. The first-order valence-corrected chi connectivity index (χ1v) is 14.4. The summed E-state index contributed by atoms with van der Waals surface area (Å²) < 4.78 is 0. The summed E-state index contributed by atoms with van der Waals surface area (Å²) in [5.41, 5.74) is -2.48. The average molecular weight is 587 g/mol. The maximum atomic E-state index is 12.9. The fraction of sp³-hybridized carbons (Fsp3) is 0.594. The van der Waals surface area contributed by atoms with Crippen molar-refractivity contribution in [3.05, 3.63) is 37.1 Å². The fourth-order valence-electron chi connectivity index (χ4n) is 5.97. The van der Waals surface area contributed by atoms with Gasteiger partial charge in [-0.05, 0) is 45.7 Å². The number of carboxylic acid groups (broad SMARTS) is 3. The molecule has 0 radical (unpaired) electrons. The van der Waals surface area contributed by atoms with Gasteiger partial charge in [0, 0.05) is 38.6 Å². The number of piperidine rings is 2. The summed E-state index contributed by atoms with van der Waals surface area (Å²) in [5, 5.41) is 30.7. The molecule has 0 aromatic carbocycles. The molecule has 0 aliphatic carbocycles. The molecule has 234 valence electrons. The molecule has 3 rings (SSSR count). The summed E-state index contributed by atoms with van der Waals surface area (Å²) in [6.45, 7) is 11.3. The van der Waals surface area contributed by atoms with Crippen molar-refractivity contribution in [3.8, 4) is 12.8 Å². The minimum atomic E-state index is -1.54. The van der Waals surface area contributed by atoms with Gasteiger partial charge in [0.2, 0.25) is 0 Å². The van der Waals surface area contributed by atoms with E-state index in [1.165, 1.54) is 6.42 Å².